The summed E-state index contributed by atoms with van der Waals surface area (Å²) in [5.41, 5.74) is 3.52. The van der Waals surface area contributed by atoms with Crippen LogP contribution in [0, 0.1) is 0 Å². The minimum absolute atomic E-state index is 0.223. The van der Waals surface area contributed by atoms with E-state index in [1.165, 1.54) is 26.2 Å². The van der Waals surface area contributed by atoms with E-state index < -0.39 is 0 Å². The van der Waals surface area contributed by atoms with Gasteiger partial charge in [0.2, 0.25) is 0 Å². The molecule has 2 heteroatoms. The highest BCUT2D eigenvalue weighted by Crippen LogP contribution is 2.49. The van der Waals surface area contributed by atoms with Gasteiger partial charge in [-0.3, -0.25) is 0 Å². The first-order valence-corrected chi connectivity index (χ1v) is 7.47. The smallest absolute Gasteiger partial charge is 0.0181 e. The molecule has 0 aromatic heterocycles. The standard InChI is InChI=1S/C14H19BrS/c1-13(2,3)10-6-9(15)7-11-12(10)16-8-14(11,4)5/h6-7H,8H2,1-5H3. The Morgan fingerprint density at radius 3 is 2.44 bits per heavy atom. The highest BCUT2D eigenvalue weighted by atomic mass is 79.9. The third kappa shape index (κ3) is 2.06. The van der Waals surface area contributed by atoms with E-state index in [-0.39, 0.29) is 5.41 Å². The molecule has 0 nitrogen and oxygen atoms in total. The zero-order valence-corrected chi connectivity index (χ0v) is 13.1. The van der Waals surface area contributed by atoms with Gasteiger partial charge in [0.25, 0.3) is 0 Å². The molecule has 0 saturated carbocycles. The van der Waals surface area contributed by atoms with E-state index in [0.717, 1.165) is 0 Å². The molecule has 1 aromatic carbocycles. The Morgan fingerprint density at radius 1 is 1.25 bits per heavy atom. The van der Waals surface area contributed by atoms with Crippen molar-refractivity contribution in [2.45, 2.75) is 50.3 Å². The number of halogens is 1. The van der Waals surface area contributed by atoms with Gasteiger partial charge in [-0.1, -0.05) is 50.5 Å². The SMILES string of the molecule is CC(C)(C)c1cc(Br)cc2c1SCC2(C)C. The van der Waals surface area contributed by atoms with Crippen molar-refractivity contribution in [3.8, 4) is 0 Å². The largest absolute Gasteiger partial charge is 0.125 e. The fourth-order valence-electron chi connectivity index (χ4n) is 2.14. The molecule has 1 aliphatic heterocycles. The van der Waals surface area contributed by atoms with Gasteiger partial charge in [-0.25, -0.2) is 0 Å². The van der Waals surface area contributed by atoms with Crippen molar-refractivity contribution in [3.05, 3.63) is 27.7 Å². The Morgan fingerprint density at radius 2 is 1.88 bits per heavy atom. The topological polar surface area (TPSA) is 0 Å². The highest BCUT2D eigenvalue weighted by Gasteiger charge is 2.34. The van der Waals surface area contributed by atoms with Gasteiger partial charge >= 0.3 is 0 Å². The second-order valence-electron chi connectivity index (χ2n) is 6.25. The van der Waals surface area contributed by atoms with Crippen molar-refractivity contribution in [2.75, 3.05) is 5.75 Å². The van der Waals surface area contributed by atoms with Crippen LogP contribution >= 0.6 is 27.7 Å². The number of benzene rings is 1. The molecule has 0 radical (unpaired) electrons. The third-order valence-electron chi connectivity index (χ3n) is 3.17. The third-order valence-corrected chi connectivity index (χ3v) is 5.22. The van der Waals surface area contributed by atoms with E-state index in [2.05, 4.69) is 62.7 Å². The van der Waals surface area contributed by atoms with E-state index in [0.29, 0.717) is 5.41 Å². The van der Waals surface area contributed by atoms with Gasteiger partial charge in [-0.15, -0.1) is 11.8 Å². The molecule has 1 heterocycles. The van der Waals surface area contributed by atoms with Crippen molar-refractivity contribution < 1.29 is 0 Å². The van der Waals surface area contributed by atoms with Gasteiger partial charge in [-0.2, -0.15) is 0 Å². The van der Waals surface area contributed by atoms with Gasteiger partial charge in [0.05, 0.1) is 0 Å². The maximum Gasteiger partial charge on any atom is 0.0181 e. The Hall–Kier alpha value is 0.0500. The molecule has 16 heavy (non-hydrogen) atoms. The summed E-state index contributed by atoms with van der Waals surface area (Å²) in [6.07, 6.45) is 0. The molecule has 0 bridgehead atoms. The maximum atomic E-state index is 3.65. The Balaban J connectivity index is 2.67. The van der Waals surface area contributed by atoms with E-state index in [4.69, 9.17) is 0 Å². The van der Waals surface area contributed by atoms with Crippen LogP contribution in [0.3, 0.4) is 0 Å². The van der Waals surface area contributed by atoms with Crippen LogP contribution in [-0.4, -0.2) is 5.75 Å². The summed E-state index contributed by atoms with van der Waals surface area (Å²) in [5.74, 6) is 1.20. The summed E-state index contributed by atoms with van der Waals surface area (Å²) < 4.78 is 1.21. The van der Waals surface area contributed by atoms with Crippen molar-refractivity contribution in [1.82, 2.24) is 0 Å². The molecule has 0 atom stereocenters. The van der Waals surface area contributed by atoms with Crippen LogP contribution in [0.2, 0.25) is 0 Å². The molecule has 0 aliphatic carbocycles. The van der Waals surface area contributed by atoms with Gasteiger partial charge < -0.3 is 0 Å². The summed E-state index contributed by atoms with van der Waals surface area (Å²) in [7, 11) is 0. The average molecular weight is 299 g/mol. The van der Waals surface area contributed by atoms with Gasteiger partial charge in [0.15, 0.2) is 0 Å². The lowest BCUT2D eigenvalue weighted by Crippen LogP contribution is -2.17. The maximum absolute atomic E-state index is 3.65. The normalized spacial score (nSPS) is 18.6. The van der Waals surface area contributed by atoms with Gasteiger partial charge in [-0.05, 0) is 28.7 Å². The predicted octanol–water partition coefficient (Wildman–Crippen LogP) is 5.13. The fourth-order valence-corrected chi connectivity index (χ4v) is 4.27. The molecule has 0 amide bonds. The first-order valence-electron chi connectivity index (χ1n) is 5.69. The fraction of sp³-hybridized carbons (Fsp3) is 0.571. The number of fused-ring (bicyclic) bond motifs is 1. The van der Waals surface area contributed by atoms with Gasteiger partial charge in [0, 0.05) is 20.5 Å². The van der Waals surface area contributed by atoms with E-state index in [1.807, 2.05) is 11.8 Å². The summed E-state index contributed by atoms with van der Waals surface area (Å²) in [6, 6.07) is 4.58. The Labute approximate surface area is 111 Å². The predicted molar refractivity (Wildman–Crippen MR) is 76.6 cm³/mol. The van der Waals surface area contributed by atoms with E-state index >= 15 is 0 Å². The zero-order valence-electron chi connectivity index (χ0n) is 10.6. The molecule has 0 saturated heterocycles. The second-order valence-corrected chi connectivity index (χ2v) is 8.15. The van der Waals surface area contributed by atoms with Crippen LogP contribution in [0.25, 0.3) is 0 Å². The molecule has 88 valence electrons. The highest BCUT2D eigenvalue weighted by molar-refractivity contribution is 9.10. The summed E-state index contributed by atoms with van der Waals surface area (Å²) in [4.78, 5) is 1.51. The summed E-state index contributed by atoms with van der Waals surface area (Å²) >= 11 is 5.67. The lowest BCUT2D eigenvalue weighted by molar-refractivity contribution is 0.562. The molecule has 0 unspecified atom stereocenters. The monoisotopic (exact) mass is 298 g/mol. The minimum atomic E-state index is 0.223. The average Bonchev–Trinajstić information content (AvgIpc) is 2.40. The van der Waals surface area contributed by atoms with Gasteiger partial charge in [0.1, 0.15) is 0 Å². The van der Waals surface area contributed by atoms with Crippen LogP contribution in [0.5, 0.6) is 0 Å². The van der Waals surface area contributed by atoms with Crippen LogP contribution in [0.4, 0.5) is 0 Å². The number of rotatable bonds is 0. The van der Waals surface area contributed by atoms with Crippen molar-refractivity contribution in [2.24, 2.45) is 0 Å². The zero-order chi connectivity index (χ0) is 12.1. The molecular weight excluding hydrogens is 280 g/mol. The van der Waals surface area contributed by atoms with E-state index in [9.17, 15) is 0 Å². The van der Waals surface area contributed by atoms with Crippen LogP contribution in [-0.2, 0) is 10.8 Å². The summed E-state index contributed by atoms with van der Waals surface area (Å²) in [5, 5.41) is 0. The second kappa shape index (κ2) is 3.78. The van der Waals surface area contributed by atoms with Crippen LogP contribution < -0.4 is 0 Å². The molecule has 0 fully saturated rings. The van der Waals surface area contributed by atoms with Crippen molar-refractivity contribution >= 4 is 27.7 Å². The van der Waals surface area contributed by atoms with Crippen molar-refractivity contribution in [1.29, 1.82) is 0 Å². The molecule has 0 spiro atoms. The molecule has 2 rings (SSSR count). The van der Waals surface area contributed by atoms with E-state index in [1.54, 1.807) is 0 Å². The van der Waals surface area contributed by atoms with Crippen LogP contribution in [0.1, 0.15) is 45.7 Å². The van der Waals surface area contributed by atoms with Crippen LogP contribution in [0.15, 0.2) is 21.5 Å². The lowest BCUT2D eigenvalue weighted by Gasteiger charge is -2.24. The minimum Gasteiger partial charge on any atom is -0.125 e. The number of thioether (sulfide) groups is 1. The summed E-state index contributed by atoms with van der Waals surface area (Å²) in [6.45, 7) is 11.6. The number of hydrogen-bond donors (Lipinski definition) is 0. The first kappa shape index (κ1) is 12.5. The molecule has 1 aliphatic rings. The Kier molecular flexibility index (Phi) is 2.95. The van der Waals surface area contributed by atoms with Crippen molar-refractivity contribution in [3.63, 3.8) is 0 Å². The Bertz CT molecular complexity index is 427. The number of hydrogen-bond acceptors (Lipinski definition) is 1. The first-order chi connectivity index (χ1) is 7.22. The molecule has 1 aromatic rings. The lowest BCUT2D eigenvalue weighted by atomic mass is 9.81. The molecular formula is C14H19BrS. The quantitative estimate of drug-likeness (QED) is 0.640. The molecule has 0 N–H and O–H groups in total.